The average Bonchev–Trinajstić information content (AvgIpc) is 2.58. The molecule has 0 N–H and O–H groups in total. The molecule has 6 heteroatoms. The minimum absolute atomic E-state index is 0.0323. The number of piperazine rings is 1. The number of amides is 3. The lowest BCUT2D eigenvalue weighted by atomic mass is 10.1. The van der Waals surface area contributed by atoms with Crippen molar-refractivity contribution in [3.63, 3.8) is 0 Å². The van der Waals surface area contributed by atoms with E-state index >= 15 is 0 Å². The second kappa shape index (κ2) is 8.47. The van der Waals surface area contributed by atoms with Crippen LogP contribution in [0.5, 0.6) is 0 Å². The van der Waals surface area contributed by atoms with E-state index in [1.54, 1.807) is 14.7 Å². The molecule has 0 atom stereocenters. The lowest BCUT2D eigenvalue weighted by molar-refractivity contribution is -0.136. The summed E-state index contributed by atoms with van der Waals surface area (Å²) in [6.07, 6.45) is 1.13. The van der Waals surface area contributed by atoms with Crippen LogP contribution in [-0.4, -0.2) is 65.6 Å². The maximum atomic E-state index is 12.3. The van der Waals surface area contributed by atoms with Crippen molar-refractivity contribution >= 4 is 18.2 Å². The van der Waals surface area contributed by atoms with E-state index in [-0.39, 0.29) is 11.8 Å². The van der Waals surface area contributed by atoms with Gasteiger partial charge in [0, 0.05) is 52.6 Å². The molecule has 1 saturated heterocycles. The van der Waals surface area contributed by atoms with Gasteiger partial charge in [-0.2, -0.15) is 0 Å². The Balaban J connectivity index is 1.86. The van der Waals surface area contributed by atoms with Crippen molar-refractivity contribution in [1.29, 1.82) is 0 Å². The molecule has 1 aromatic carbocycles. The van der Waals surface area contributed by atoms with Gasteiger partial charge in [0.15, 0.2) is 0 Å². The number of hydrogen-bond donors (Lipinski definition) is 0. The summed E-state index contributed by atoms with van der Waals surface area (Å²) in [5, 5.41) is 0. The SMILES string of the molecule is CC(=O)N(CCC(=O)N1CCN(C=O)CC1)Cc1cccc(C)c1. The highest BCUT2D eigenvalue weighted by Gasteiger charge is 2.21. The first-order chi connectivity index (χ1) is 11.5. The van der Waals surface area contributed by atoms with Crippen LogP contribution in [-0.2, 0) is 20.9 Å². The molecule has 1 aliphatic heterocycles. The highest BCUT2D eigenvalue weighted by Crippen LogP contribution is 2.10. The Morgan fingerprint density at radius 1 is 1.21 bits per heavy atom. The highest BCUT2D eigenvalue weighted by molar-refractivity contribution is 5.78. The third-order valence-electron chi connectivity index (χ3n) is 4.31. The van der Waals surface area contributed by atoms with Gasteiger partial charge in [-0.1, -0.05) is 29.8 Å². The van der Waals surface area contributed by atoms with Gasteiger partial charge in [-0.05, 0) is 12.5 Å². The molecule has 1 aromatic rings. The summed E-state index contributed by atoms with van der Waals surface area (Å²) in [7, 11) is 0. The molecule has 0 aromatic heterocycles. The molecule has 2 rings (SSSR count). The molecule has 0 bridgehead atoms. The first kappa shape index (κ1) is 18.0. The van der Waals surface area contributed by atoms with Crippen LogP contribution in [0.25, 0.3) is 0 Å². The number of aryl methyl sites for hydroxylation is 1. The summed E-state index contributed by atoms with van der Waals surface area (Å²) in [5.74, 6) is 0.00567. The molecular formula is C18H25N3O3. The van der Waals surface area contributed by atoms with Crippen LogP contribution >= 0.6 is 0 Å². The topological polar surface area (TPSA) is 60.9 Å². The molecule has 3 amide bonds. The summed E-state index contributed by atoms with van der Waals surface area (Å²) in [6.45, 7) is 6.77. The second-order valence-electron chi connectivity index (χ2n) is 6.20. The predicted molar refractivity (Wildman–Crippen MR) is 91.1 cm³/mol. The van der Waals surface area contributed by atoms with E-state index in [0.717, 1.165) is 17.5 Å². The average molecular weight is 331 g/mol. The van der Waals surface area contributed by atoms with Crippen molar-refractivity contribution in [2.75, 3.05) is 32.7 Å². The molecular weight excluding hydrogens is 306 g/mol. The molecule has 0 aliphatic carbocycles. The smallest absolute Gasteiger partial charge is 0.224 e. The quantitative estimate of drug-likeness (QED) is 0.732. The summed E-state index contributed by atoms with van der Waals surface area (Å²) in [6, 6.07) is 8.03. The van der Waals surface area contributed by atoms with Crippen LogP contribution < -0.4 is 0 Å². The van der Waals surface area contributed by atoms with Crippen molar-refractivity contribution in [1.82, 2.24) is 14.7 Å². The van der Waals surface area contributed by atoms with Crippen LogP contribution in [0.2, 0.25) is 0 Å². The van der Waals surface area contributed by atoms with Crippen molar-refractivity contribution in [2.24, 2.45) is 0 Å². The normalized spacial score (nSPS) is 14.4. The first-order valence-electron chi connectivity index (χ1n) is 8.28. The number of hydrogen-bond acceptors (Lipinski definition) is 3. The molecule has 24 heavy (non-hydrogen) atoms. The molecule has 0 radical (unpaired) electrons. The monoisotopic (exact) mass is 331 g/mol. The van der Waals surface area contributed by atoms with Crippen LogP contribution in [0, 0.1) is 6.92 Å². The fourth-order valence-electron chi connectivity index (χ4n) is 2.84. The number of carbonyl (C=O) groups excluding carboxylic acids is 3. The van der Waals surface area contributed by atoms with Crippen LogP contribution in [0.3, 0.4) is 0 Å². The highest BCUT2D eigenvalue weighted by atomic mass is 16.2. The van der Waals surface area contributed by atoms with E-state index in [4.69, 9.17) is 0 Å². The molecule has 130 valence electrons. The standard InChI is InChI=1S/C18H25N3O3/c1-15-4-3-5-17(12-15)13-21(16(2)23)7-6-18(24)20-10-8-19(14-22)9-11-20/h3-5,12,14H,6-11,13H2,1-2H3. The zero-order valence-electron chi connectivity index (χ0n) is 14.4. The molecule has 1 aliphatic rings. The first-order valence-corrected chi connectivity index (χ1v) is 8.28. The summed E-state index contributed by atoms with van der Waals surface area (Å²) < 4.78 is 0. The van der Waals surface area contributed by atoms with Gasteiger partial charge in [0.05, 0.1) is 0 Å². The minimum Gasteiger partial charge on any atom is -0.342 e. The van der Waals surface area contributed by atoms with Gasteiger partial charge in [-0.15, -0.1) is 0 Å². The van der Waals surface area contributed by atoms with Gasteiger partial charge < -0.3 is 14.7 Å². The van der Waals surface area contributed by atoms with Crippen molar-refractivity contribution in [2.45, 2.75) is 26.8 Å². The Kier molecular flexibility index (Phi) is 6.35. The Morgan fingerprint density at radius 2 is 1.92 bits per heavy atom. The fraction of sp³-hybridized carbons (Fsp3) is 0.500. The molecule has 0 saturated carbocycles. The predicted octanol–water partition coefficient (Wildman–Crippen LogP) is 1.03. The van der Waals surface area contributed by atoms with Crippen LogP contribution in [0.15, 0.2) is 24.3 Å². The van der Waals surface area contributed by atoms with E-state index < -0.39 is 0 Å². The van der Waals surface area contributed by atoms with E-state index in [1.807, 2.05) is 25.1 Å². The summed E-state index contributed by atoms with van der Waals surface area (Å²) in [5.41, 5.74) is 2.22. The van der Waals surface area contributed by atoms with Gasteiger partial charge in [0.25, 0.3) is 0 Å². The number of benzene rings is 1. The van der Waals surface area contributed by atoms with Gasteiger partial charge in [0.2, 0.25) is 18.2 Å². The Labute approximate surface area is 143 Å². The summed E-state index contributed by atoms with van der Waals surface area (Å²) >= 11 is 0. The van der Waals surface area contributed by atoms with Crippen molar-refractivity contribution < 1.29 is 14.4 Å². The van der Waals surface area contributed by atoms with Gasteiger partial charge >= 0.3 is 0 Å². The van der Waals surface area contributed by atoms with Gasteiger partial charge in [-0.3, -0.25) is 14.4 Å². The fourth-order valence-corrected chi connectivity index (χ4v) is 2.84. The lowest BCUT2D eigenvalue weighted by Crippen LogP contribution is -2.48. The third kappa shape index (κ3) is 5.08. The Hall–Kier alpha value is -2.37. The van der Waals surface area contributed by atoms with E-state index in [2.05, 4.69) is 6.07 Å². The number of rotatable bonds is 6. The largest absolute Gasteiger partial charge is 0.342 e. The Morgan fingerprint density at radius 3 is 2.50 bits per heavy atom. The minimum atomic E-state index is -0.0323. The van der Waals surface area contributed by atoms with Gasteiger partial charge in [-0.25, -0.2) is 0 Å². The van der Waals surface area contributed by atoms with Crippen LogP contribution in [0.1, 0.15) is 24.5 Å². The van der Waals surface area contributed by atoms with Crippen molar-refractivity contribution in [3.8, 4) is 0 Å². The third-order valence-corrected chi connectivity index (χ3v) is 4.31. The van der Waals surface area contributed by atoms with E-state index in [9.17, 15) is 14.4 Å². The second-order valence-corrected chi connectivity index (χ2v) is 6.20. The van der Waals surface area contributed by atoms with E-state index in [0.29, 0.717) is 45.7 Å². The maximum absolute atomic E-state index is 12.3. The Bertz CT molecular complexity index is 595. The van der Waals surface area contributed by atoms with Gasteiger partial charge in [0.1, 0.15) is 0 Å². The maximum Gasteiger partial charge on any atom is 0.224 e. The van der Waals surface area contributed by atoms with Crippen LogP contribution in [0.4, 0.5) is 0 Å². The summed E-state index contributed by atoms with van der Waals surface area (Å²) in [4.78, 5) is 40.0. The lowest BCUT2D eigenvalue weighted by Gasteiger charge is -2.33. The molecule has 6 nitrogen and oxygen atoms in total. The number of nitrogens with zero attached hydrogens (tertiary/aromatic N) is 3. The van der Waals surface area contributed by atoms with E-state index in [1.165, 1.54) is 6.92 Å². The number of carbonyl (C=O) groups is 3. The molecule has 1 heterocycles. The molecule has 0 spiro atoms. The zero-order chi connectivity index (χ0) is 17.5. The molecule has 0 unspecified atom stereocenters. The van der Waals surface area contributed by atoms with Crippen molar-refractivity contribution in [3.05, 3.63) is 35.4 Å². The zero-order valence-corrected chi connectivity index (χ0v) is 14.4. The molecule has 1 fully saturated rings.